The van der Waals surface area contributed by atoms with E-state index in [4.69, 9.17) is 14.0 Å². The molecule has 0 saturated carbocycles. The van der Waals surface area contributed by atoms with Crippen molar-refractivity contribution in [1.29, 1.82) is 0 Å². The molecule has 0 atom stereocenters. The predicted octanol–water partition coefficient (Wildman–Crippen LogP) is 5.06. The van der Waals surface area contributed by atoms with E-state index < -0.39 is 0 Å². The van der Waals surface area contributed by atoms with Gasteiger partial charge in [0.15, 0.2) is 0 Å². The van der Waals surface area contributed by atoms with Crippen molar-refractivity contribution in [2.24, 2.45) is 0 Å². The summed E-state index contributed by atoms with van der Waals surface area (Å²) in [4.78, 5) is 9.23. The fourth-order valence-electron chi connectivity index (χ4n) is 3.05. The summed E-state index contributed by atoms with van der Waals surface area (Å²) in [6, 6.07) is 15.7. The number of nitrogens with zero attached hydrogens (tertiary/aromatic N) is 3. The minimum absolute atomic E-state index is 0.394. The molecule has 0 fully saturated rings. The fourth-order valence-corrected chi connectivity index (χ4v) is 3.05. The van der Waals surface area contributed by atoms with E-state index in [1.54, 1.807) is 0 Å². The molecule has 0 bridgehead atoms. The minimum atomic E-state index is 0.394. The van der Waals surface area contributed by atoms with Gasteiger partial charge in [0.05, 0.1) is 29.9 Å². The lowest BCUT2D eigenvalue weighted by Gasteiger charge is -2.09. The standard InChI is InChI=1S/C22H21N3O3/c1-4-26-19-9-7-6-8-16(19)22-24-20(25-28-22)17-13-15-12-14(3)10-11-18(15)23-21(17)27-5-2/h6-13H,4-5H2,1-3H3. The molecule has 2 aromatic heterocycles. The number of pyridine rings is 1. The van der Waals surface area contributed by atoms with Crippen molar-refractivity contribution in [3.05, 3.63) is 54.1 Å². The topological polar surface area (TPSA) is 70.3 Å². The van der Waals surface area contributed by atoms with Crippen LogP contribution in [-0.4, -0.2) is 28.3 Å². The Kier molecular flexibility index (Phi) is 4.93. The first-order chi connectivity index (χ1) is 13.7. The van der Waals surface area contributed by atoms with Gasteiger partial charge in [-0.15, -0.1) is 0 Å². The molecule has 0 amide bonds. The van der Waals surface area contributed by atoms with E-state index in [0.717, 1.165) is 22.0 Å². The van der Waals surface area contributed by atoms with Gasteiger partial charge in [0.1, 0.15) is 5.75 Å². The van der Waals surface area contributed by atoms with Gasteiger partial charge in [0.25, 0.3) is 5.89 Å². The van der Waals surface area contributed by atoms with Crippen molar-refractivity contribution < 1.29 is 14.0 Å². The average Bonchev–Trinajstić information content (AvgIpc) is 3.18. The Bertz CT molecular complexity index is 1120. The van der Waals surface area contributed by atoms with Crippen LogP contribution in [0.3, 0.4) is 0 Å². The van der Waals surface area contributed by atoms with Crippen LogP contribution in [0.4, 0.5) is 0 Å². The largest absolute Gasteiger partial charge is 0.493 e. The van der Waals surface area contributed by atoms with Gasteiger partial charge in [-0.25, -0.2) is 4.98 Å². The Morgan fingerprint density at radius 2 is 1.71 bits per heavy atom. The van der Waals surface area contributed by atoms with E-state index in [2.05, 4.69) is 21.2 Å². The Labute approximate surface area is 163 Å². The summed E-state index contributed by atoms with van der Waals surface area (Å²) in [5.74, 6) is 2.02. The molecule has 0 aliphatic carbocycles. The minimum Gasteiger partial charge on any atom is -0.493 e. The van der Waals surface area contributed by atoms with E-state index in [1.807, 2.05) is 63.2 Å². The number of ether oxygens (including phenoxy) is 2. The zero-order valence-corrected chi connectivity index (χ0v) is 16.1. The van der Waals surface area contributed by atoms with Crippen molar-refractivity contribution in [2.45, 2.75) is 20.8 Å². The second-order valence-corrected chi connectivity index (χ2v) is 6.32. The summed E-state index contributed by atoms with van der Waals surface area (Å²) in [5, 5.41) is 5.17. The maximum Gasteiger partial charge on any atom is 0.262 e. The first-order valence-electron chi connectivity index (χ1n) is 9.30. The molecule has 0 aliphatic rings. The molecule has 28 heavy (non-hydrogen) atoms. The van der Waals surface area contributed by atoms with Crippen LogP contribution in [0.15, 0.2) is 53.1 Å². The zero-order valence-electron chi connectivity index (χ0n) is 16.1. The molecule has 0 saturated heterocycles. The molecule has 6 heteroatoms. The van der Waals surface area contributed by atoms with Crippen LogP contribution >= 0.6 is 0 Å². The average molecular weight is 375 g/mol. The van der Waals surface area contributed by atoms with E-state index in [9.17, 15) is 0 Å². The number of hydrogen-bond acceptors (Lipinski definition) is 6. The quantitative estimate of drug-likeness (QED) is 0.469. The highest BCUT2D eigenvalue weighted by molar-refractivity contribution is 5.85. The molecule has 0 aliphatic heterocycles. The van der Waals surface area contributed by atoms with Crippen LogP contribution in [0.1, 0.15) is 19.4 Å². The lowest BCUT2D eigenvalue weighted by atomic mass is 10.1. The predicted molar refractivity (Wildman–Crippen MR) is 108 cm³/mol. The Morgan fingerprint density at radius 3 is 2.54 bits per heavy atom. The summed E-state index contributed by atoms with van der Waals surface area (Å²) in [5.41, 5.74) is 3.47. The maximum atomic E-state index is 5.75. The molecular weight excluding hydrogens is 354 g/mol. The van der Waals surface area contributed by atoms with Gasteiger partial charge in [0.2, 0.25) is 11.7 Å². The van der Waals surface area contributed by atoms with Gasteiger partial charge in [-0.2, -0.15) is 4.98 Å². The number of aryl methyl sites for hydroxylation is 1. The third kappa shape index (κ3) is 3.41. The third-order valence-electron chi connectivity index (χ3n) is 4.30. The number of benzene rings is 2. The molecule has 4 rings (SSSR count). The molecule has 142 valence electrons. The van der Waals surface area contributed by atoms with Gasteiger partial charge < -0.3 is 14.0 Å². The Hall–Kier alpha value is -3.41. The normalized spacial score (nSPS) is 11.0. The highest BCUT2D eigenvalue weighted by Crippen LogP contribution is 2.34. The molecular formula is C22H21N3O3. The number of hydrogen-bond donors (Lipinski definition) is 0. The van der Waals surface area contributed by atoms with Crippen LogP contribution in [0.2, 0.25) is 0 Å². The monoisotopic (exact) mass is 375 g/mol. The number of rotatable bonds is 6. The molecule has 6 nitrogen and oxygen atoms in total. The lowest BCUT2D eigenvalue weighted by molar-refractivity contribution is 0.329. The smallest absolute Gasteiger partial charge is 0.262 e. The molecule has 0 unspecified atom stereocenters. The first-order valence-corrected chi connectivity index (χ1v) is 9.30. The van der Waals surface area contributed by atoms with Crippen LogP contribution in [0.5, 0.6) is 11.6 Å². The van der Waals surface area contributed by atoms with E-state index in [0.29, 0.717) is 42.1 Å². The third-order valence-corrected chi connectivity index (χ3v) is 4.30. The summed E-state index contributed by atoms with van der Waals surface area (Å²) in [6.07, 6.45) is 0. The van der Waals surface area contributed by atoms with Crippen LogP contribution in [-0.2, 0) is 0 Å². The highest BCUT2D eigenvalue weighted by Gasteiger charge is 2.19. The molecule has 4 aromatic rings. The highest BCUT2D eigenvalue weighted by atomic mass is 16.5. The van der Waals surface area contributed by atoms with Crippen molar-refractivity contribution in [3.8, 4) is 34.5 Å². The van der Waals surface area contributed by atoms with Crippen molar-refractivity contribution in [1.82, 2.24) is 15.1 Å². The van der Waals surface area contributed by atoms with Gasteiger partial charge in [-0.1, -0.05) is 28.9 Å². The second-order valence-electron chi connectivity index (χ2n) is 6.32. The second kappa shape index (κ2) is 7.68. The van der Waals surface area contributed by atoms with Crippen LogP contribution in [0, 0.1) is 6.92 Å². The van der Waals surface area contributed by atoms with E-state index >= 15 is 0 Å². The van der Waals surface area contributed by atoms with Crippen molar-refractivity contribution in [2.75, 3.05) is 13.2 Å². The van der Waals surface area contributed by atoms with Crippen LogP contribution in [0.25, 0.3) is 33.7 Å². The summed E-state index contributed by atoms with van der Waals surface area (Å²) in [7, 11) is 0. The van der Waals surface area contributed by atoms with Gasteiger partial charge in [-0.3, -0.25) is 0 Å². The fraction of sp³-hybridized carbons (Fsp3) is 0.227. The Balaban J connectivity index is 1.82. The van der Waals surface area contributed by atoms with E-state index in [-0.39, 0.29) is 0 Å². The van der Waals surface area contributed by atoms with E-state index in [1.165, 1.54) is 0 Å². The molecule has 0 spiro atoms. The van der Waals surface area contributed by atoms with Crippen LogP contribution < -0.4 is 9.47 Å². The number of fused-ring (bicyclic) bond motifs is 1. The summed E-state index contributed by atoms with van der Waals surface area (Å²) >= 11 is 0. The van der Waals surface area contributed by atoms with Gasteiger partial charge in [-0.05, 0) is 51.1 Å². The molecule has 2 aromatic carbocycles. The Morgan fingerprint density at radius 1 is 0.893 bits per heavy atom. The first kappa shape index (κ1) is 18.0. The number of para-hydroxylation sites is 1. The summed E-state index contributed by atoms with van der Waals surface area (Å²) in [6.45, 7) is 6.96. The maximum absolute atomic E-state index is 5.75. The van der Waals surface area contributed by atoms with Crippen molar-refractivity contribution in [3.63, 3.8) is 0 Å². The number of aromatic nitrogens is 3. The molecule has 0 radical (unpaired) electrons. The SMILES string of the molecule is CCOc1ccccc1-c1nc(-c2cc3cc(C)ccc3nc2OCC)no1. The molecule has 0 N–H and O–H groups in total. The molecule has 2 heterocycles. The van der Waals surface area contributed by atoms with Gasteiger partial charge >= 0.3 is 0 Å². The zero-order chi connectivity index (χ0) is 19.5. The summed E-state index contributed by atoms with van der Waals surface area (Å²) < 4.78 is 17.0. The van der Waals surface area contributed by atoms with Gasteiger partial charge in [0, 0.05) is 5.39 Å². The lowest BCUT2D eigenvalue weighted by Crippen LogP contribution is -1.98. The van der Waals surface area contributed by atoms with Crippen molar-refractivity contribution >= 4 is 10.9 Å².